The number of benzene rings is 1. The average Bonchev–Trinajstić information content (AvgIpc) is 3.07. The molecular weight excluding hydrogens is 302 g/mol. The van der Waals surface area contributed by atoms with E-state index >= 15 is 0 Å². The molecule has 2 rings (SSSR count). The van der Waals surface area contributed by atoms with Crippen LogP contribution in [-0.2, 0) is 4.79 Å². The van der Waals surface area contributed by atoms with Crippen molar-refractivity contribution in [1.29, 1.82) is 0 Å². The summed E-state index contributed by atoms with van der Waals surface area (Å²) in [4.78, 5) is 33.8. The van der Waals surface area contributed by atoms with Crippen LogP contribution in [0.5, 0.6) is 0 Å². The highest BCUT2D eigenvalue weighted by atomic mass is 16.6. The minimum Gasteiger partial charge on any atom is -0.467 e. The van der Waals surface area contributed by atoms with Crippen molar-refractivity contribution in [3.8, 4) is 0 Å². The molecule has 2 amide bonds. The van der Waals surface area contributed by atoms with Gasteiger partial charge in [-0.25, -0.2) is 0 Å². The lowest BCUT2D eigenvalue weighted by molar-refractivity contribution is -0.384. The highest BCUT2D eigenvalue weighted by molar-refractivity contribution is 5.96. The Kier molecular flexibility index (Phi) is 5.08. The highest BCUT2D eigenvalue weighted by Gasteiger charge is 2.14. The maximum Gasteiger partial charge on any atom is 0.270 e. The Morgan fingerprint density at radius 2 is 2.09 bits per heavy atom. The van der Waals surface area contributed by atoms with E-state index in [0.717, 1.165) is 6.07 Å². The third-order valence-corrected chi connectivity index (χ3v) is 3.08. The Morgan fingerprint density at radius 1 is 1.30 bits per heavy atom. The van der Waals surface area contributed by atoms with Crippen LogP contribution < -0.4 is 10.6 Å². The van der Waals surface area contributed by atoms with E-state index in [0.29, 0.717) is 5.76 Å². The van der Waals surface area contributed by atoms with Gasteiger partial charge in [0.1, 0.15) is 5.76 Å². The summed E-state index contributed by atoms with van der Waals surface area (Å²) in [6.07, 6.45) is 1.50. The van der Waals surface area contributed by atoms with Crippen LogP contribution in [0.4, 0.5) is 5.69 Å². The van der Waals surface area contributed by atoms with Gasteiger partial charge in [-0.05, 0) is 25.1 Å². The van der Waals surface area contributed by atoms with Gasteiger partial charge >= 0.3 is 0 Å². The Balaban J connectivity index is 1.87. The molecule has 0 aliphatic rings. The molecule has 2 aromatic rings. The van der Waals surface area contributed by atoms with Crippen molar-refractivity contribution in [1.82, 2.24) is 10.6 Å². The third-order valence-electron chi connectivity index (χ3n) is 3.08. The molecule has 2 N–H and O–H groups in total. The fourth-order valence-electron chi connectivity index (χ4n) is 1.92. The monoisotopic (exact) mass is 317 g/mol. The molecule has 0 aliphatic heterocycles. The first-order valence-electron chi connectivity index (χ1n) is 6.83. The standard InChI is InChI=1S/C15H15N3O5/c1-10(13-6-3-7-23-13)17-14(19)9-16-15(20)11-4-2-5-12(8-11)18(21)22/h2-8,10H,9H2,1H3,(H,16,20)(H,17,19)/t10-/m0/s1. The molecule has 0 spiro atoms. The molecule has 0 bridgehead atoms. The number of hydrogen-bond acceptors (Lipinski definition) is 5. The van der Waals surface area contributed by atoms with Gasteiger partial charge in [0.2, 0.25) is 5.91 Å². The molecule has 0 aliphatic carbocycles. The van der Waals surface area contributed by atoms with E-state index in [4.69, 9.17) is 4.42 Å². The molecule has 23 heavy (non-hydrogen) atoms. The maximum absolute atomic E-state index is 11.9. The number of carbonyl (C=O) groups is 2. The predicted octanol–water partition coefficient (Wildman–Crippen LogP) is 1.79. The van der Waals surface area contributed by atoms with Crippen LogP contribution in [0.1, 0.15) is 29.1 Å². The zero-order chi connectivity index (χ0) is 16.8. The summed E-state index contributed by atoms with van der Waals surface area (Å²) in [6.45, 7) is 1.51. The first-order chi connectivity index (χ1) is 11.0. The molecule has 0 radical (unpaired) electrons. The first-order valence-corrected chi connectivity index (χ1v) is 6.83. The summed E-state index contributed by atoms with van der Waals surface area (Å²) >= 11 is 0. The zero-order valence-electron chi connectivity index (χ0n) is 12.3. The Hall–Kier alpha value is -3.16. The number of hydrogen-bond donors (Lipinski definition) is 2. The quantitative estimate of drug-likeness (QED) is 0.622. The minimum absolute atomic E-state index is 0.117. The predicted molar refractivity (Wildman–Crippen MR) is 80.7 cm³/mol. The summed E-state index contributed by atoms with van der Waals surface area (Å²) in [6, 6.07) is 8.40. The summed E-state index contributed by atoms with van der Waals surface area (Å²) in [7, 11) is 0. The smallest absolute Gasteiger partial charge is 0.270 e. The Labute approximate surface area is 131 Å². The SMILES string of the molecule is C[C@H](NC(=O)CNC(=O)c1cccc([N+](=O)[O-])c1)c1ccco1. The number of rotatable bonds is 6. The second-order valence-corrected chi connectivity index (χ2v) is 4.79. The van der Waals surface area contributed by atoms with Crippen molar-refractivity contribution < 1.29 is 18.9 Å². The lowest BCUT2D eigenvalue weighted by atomic mass is 10.2. The Bertz CT molecular complexity index is 712. The van der Waals surface area contributed by atoms with E-state index in [-0.39, 0.29) is 23.8 Å². The number of amides is 2. The van der Waals surface area contributed by atoms with Gasteiger partial charge in [-0.1, -0.05) is 6.07 Å². The van der Waals surface area contributed by atoms with E-state index in [1.54, 1.807) is 19.1 Å². The van der Waals surface area contributed by atoms with Crippen molar-refractivity contribution in [2.45, 2.75) is 13.0 Å². The normalized spacial score (nSPS) is 11.5. The van der Waals surface area contributed by atoms with Gasteiger partial charge in [-0.3, -0.25) is 19.7 Å². The number of non-ortho nitro benzene ring substituents is 1. The largest absolute Gasteiger partial charge is 0.467 e. The highest BCUT2D eigenvalue weighted by Crippen LogP contribution is 2.13. The lowest BCUT2D eigenvalue weighted by Crippen LogP contribution is -2.37. The zero-order valence-corrected chi connectivity index (χ0v) is 12.3. The number of nitrogens with zero attached hydrogens (tertiary/aromatic N) is 1. The van der Waals surface area contributed by atoms with Crippen molar-refractivity contribution in [2.24, 2.45) is 0 Å². The molecule has 0 saturated carbocycles. The van der Waals surface area contributed by atoms with Gasteiger partial charge in [-0.2, -0.15) is 0 Å². The minimum atomic E-state index is -0.589. The number of carbonyl (C=O) groups excluding carboxylic acids is 2. The summed E-state index contributed by atoms with van der Waals surface area (Å²) in [5.41, 5.74) is -0.0698. The summed E-state index contributed by atoms with van der Waals surface area (Å²) in [5.74, 6) is -0.356. The van der Waals surface area contributed by atoms with E-state index in [1.807, 2.05) is 0 Å². The van der Waals surface area contributed by atoms with Crippen LogP contribution in [0.3, 0.4) is 0 Å². The molecule has 0 fully saturated rings. The van der Waals surface area contributed by atoms with Crippen LogP contribution in [0.25, 0.3) is 0 Å². The van der Waals surface area contributed by atoms with Crippen LogP contribution in [0.2, 0.25) is 0 Å². The lowest BCUT2D eigenvalue weighted by Gasteiger charge is -2.12. The molecule has 120 valence electrons. The van der Waals surface area contributed by atoms with Gasteiger partial charge < -0.3 is 15.1 Å². The molecule has 1 aromatic heterocycles. The van der Waals surface area contributed by atoms with Crippen molar-refractivity contribution in [3.63, 3.8) is 0 Å². The third kappa shape index (κ3) is 4.40. The van der Waals surface area contributed by atoms with Gasteiger partial charge in [-0.15, -0.1) is 0 Å². The molecule has 0 saturated heterocycles. The van der Waals surface area contributed by atoms with Crippen LogP contribution in [0, 0.1) is 10.1 Å². The second-order valence-electron chi connectivity index (χ2n) is 4.79. The number of nitro groups is 1. The molecule has 1 aromatic carbocycles. The van der Waals surface area contributed by atoms with Gasteiger partial charge in [0.15, 0.2) is 0 Å². The van der Waals surface area contributed by atoms with Gasteiger partial charge in [0, 0.05) is 17.7 Å². The first kappa shape index (κ1) is 16.2. The Morgan fingerprint density at radius 3 is 2.74 bits per heavy atom. The van der Waals surface area contributed by atoms with E-state index in [2.05, 4.69) is 10.6 Å². The van der Waals surface area contributed by atoms with Crippen molar-refractivity contribution >= 4 is 17.5 Å². The van der Waals surface area contributed by atoms with Crippen molar-refractivity contribution in [3.05, 3.63) is 64.1 Å². The van der Waals surface area contributed by atoms with Crippen LogP contribution in [0.15, 0.2) is 47.1 Å². The fourth-order valence-corrected chi connectivity index (χ4v) is 1.92. The number of furan rings is 1. The molecule has 8 heteroatoms. The van der Waals surface area contributed by atoms with Gasteiger partial charge in [0.05, 0.1) is 23.8 Å². The van der Waals surface area contributed by atoms with E-state index in [9.17, 15) is 19.7 Å². The molecule has 0 unspecified atom stereocenters. The van der Waals surface area contributed by atoms with E-state index < -0.39 is 16.7 Å². The van der Waals surface area contributed by atoms with Crippen molar-refractivity contribution in [2.75, 3.05) is 6.54 Å². The maximum atomic E-state index is 11.9. The summed E-state index contributed by atoms with van der Waals surface area (Å²) in [5, 5.41) is 15.8. The second kappa shape index (κ2) is 7.21. The topological polar surface area (TPSA) is 114 Å². The number of nitrogens with one attached hydrogen (secondary N) is 2. The van der Waals surface area contributed by atoms with Gasteiger partial charge in [0.25, 0.3) is 11.6 Å². The fraction of sp³-hybridized carbons (Fsp3) is 0.200. The average molecular weight is 317 g/mol. The van der Waals surface area contributed by atoms with E-state index in [1.165, 1.54) is 24.5 Å². The van der Waals surface area contributed by atoms with Crippen LogP contribution >= 0.6 is 0 Å². The number of nitro benzene ring substituents is 1. The van der Waals surface area contributed by atoms with Crippen LogP contribution in [-0.4, -0.2) is 23.3 Å². The molecular formula is C15H15N3O5. The molecule has 8 nitrogen and oxygen atoms in total. The molecule has 1 heterocycles. The molecule has 1 atom stereocenters. The summed E-state index contributed by atoms with van der Waals surface area (Å²) < 4.78 is 5.16.